The van der Waals surface area contributed by atoms with E-state index in [0.717, 1.165) is 49.9 Å². The number of rotatable bonds is 4. The van der Waals surface area contributed by atoms with Crippen molar-refractivity contribution in [2.75, 3.05) is 13.1 Å². The van der Waals surface area contributed by atoms with Crippen molar-refractivity contribution in [3.63, 3.8) is 0 Å². The maximum absolute atomic E-state index is 12.1. The van der Waals surface area contributed by atoms with E-state index in [0.29, 0.717) is 18.3 Å². The molecule has 5 heteroatoms. The van der Waals surface area contributed by atoms with Gasteiger partial charge in [-0.05, 0) is 30.9 Å². The SMILES string of the molecule is O=CCN1CCc2nc(C(=O)NC3CCC3)ccc2C1. The van der Waals surface area contributed by atoms with Crippen LogP contribution in [0.3, 0.4) is 0 Å². The first kappa shape index (κ1) is 13.2. The summed E-state index contributed by atoms with van der Waals surface area (Å²) in [5.74, 6) is -0.0622. The largest absolute Gasteiger partial charge is 0.348 e. The number of aromatic nitrogens is 1. The molecule has 1 aromatic rings. The molecular formula is C15H19N3O2. The topological polar surface area (TPSA) is 62.3 Å². The van der Waals surface area contributed by atoms with E-state index >= 15 is 0 Å². The van der Waals surface area contributed by atoms with E-state index in [-0.39, 0.29) is 5.91 Å². The second kappa shape index (κ2) is 5.71. The van der Waals surface area contributed by atoms with Crippen molar-refractivity contribution in [1.29, 1.82) is 0 Å². The van der Waals surface area contributed by atoms with Gasteiger partial charge in [-0.1, -0.05) is 6.07 Å². The number of amides is 1. The van der Waals surface area contributed by atoms with Crippen LogP contribution in [0.4, 0.5) is 0 Å². The third-order valence-electron chi connectivity index (χ3n) is 4.13. The van der Waals surface area contributed by atoms with Crippen molar-refractivity contribution in [2.24, 2.45) is 0 Å². The Kier molecular flexibility index (Phi) is 3.78. The average molecular weight is 273 g/mol. The van der Waals surface area contributed by atoms with Gasteiger partial charge in [-0.2, -0.15) is 0 Å². The number of aldehydes is 1. The van der Waals surface area contributed by atoms with E-state index in [9.17, 15) is 9.59 Å². The molecule has 0 atom stereocenters. The normalized spacial score (nSPS) is 19.0. The fourth-order valence-electron chi connectivity index (χ4n) is 2.67. The molecule has 1 saturated carbocycles. The molecule has 1 aliphatic heterocycles. The third kappa shape index (κ3) is 2.72. The summed E-state index contributed by atoms with van der Waals surface area (Å²) >= 11 is 0. The van der Waals surface area contributed by atoms with Crippen LogP contribution < -0.4 is 5.32 Å². The maximum Gasteiger partial charge on any atom is 0.270 e. The molecule has 2 aliphatic rings. The van der Waals surface area contributed by atoms with Gasteiger partial charge < -0.3 is 10.1 Å². The minimum atomic E-state index is -0.0622. The Bertz CT molecular complexity index is 526. The van der Waals surface area contributed by atoms with Crippen molar-refractivity contribution >= 4 is 12.2 Å². The fourth-order valence-corrected chi connectivity index (χ4v) is 2.67. The van der Waals surface area contributed by atoms with Crippen LogP contribution in [-0.2, 0) is 17.8 Å². The maximum atomic E-state index is 12.1. The summed E-state index contributed by atoms with van der Waals surface area (Å²) in [5.41, 5.74) is 2.63. The first-order valence-electron chi connectivity index (χ1n) is 7.22. The van der Waals surface area contributed by atoms with E-state index < -0.39 is 0 Å². The number of carbonyl (C=O) groups is 2. The van der Waals surface area contributed by atoms with Crippen LogP contribution in [0.15, 0.2) is 12.1 Å². The van der Waals surface area contributed by atoms with Crippen LogP contribution >= 0.6 is 0 Å². The average Bonchev–Trinajstić information content (AvgIpc) is 2.42. The summed E-state index contributed by atoms with van der Waals surface area (Å²) in [6, 6.07) is 4.09. The quantitative estimate of drug-likeness (QED) is 0.829. The van der Waals surface area contributed by atoms with Crippen molar-refractivity contribution < 1.29 is 9.59 Å². The van der Waals surface area contributed by atoms with Gasteiger partial charge in [0, 0.05) is 31.2 Å². The molecule has 1 fully saturated rings. The molecule has 0 radical (unpaired) electrons. The monoisotopic (exact) mass is 273 g/mol. The van der Waals surface area contributed by atoms with Gasteiger partial charge >= 0.3 is 0 Å². The molecule has 0 saturated heterocycles. The lowest BCUT2D eigenvalue weighted by molar-refractivity contribution is -0.109. The summed E-state index contributed by atoms with van der Waals surface area (Å²) < 4.78 is 0. The summed E-state index contributed by atoms with van der Waals surface area (Å²) in [6.07, 6.45) is 5.09. The van der Waals surface area contributed by atoms with Gasteiger partial charge in [0.25, 0.3) is 5.91 Å². The highest BCUT2D eigenvalue weighted by Crippen LogP contribution is 2.20. The number of hydrogen-bond acceptors (Lipinski definition) is 4. The lowest BCUT2D eigenvalue weighted by Crippen LogP contribution is -2.40. The fraction of sp³-hybridized carbons (Fsp3) is 0.533. The van der Waals surface area contributed by atoms with E-state index in [1.807, 2.05) is 6.07 Å². The summed E-state index contributed by atoms with van der Waals surface area (Å²) in [4.78, 5) is 29.2. The van der Waals surface area contributed by atoms with E-state index in [4.69, 9.17) is 0 Å². The number of nitrogens with one attached hydrogen (secondary N) is 1. The number of fused-ring (bicyclic) bond motifs is 1. The van der Waals surface area contributed by atoms with Crippen molar-refractivity contribution in [3.05, 3.63) is 29.1 Å². The van der Waals surface area contributed by atoms with Crippen LogP contribution in [0.2, 0.25) is 0 Å². The van der Waals surface area contributed by atoms with Gasteiger partial charge in [-0.25, -0.2) is 4.98 Å². The summed E-state index contributed by atoms with van der Waals surface area (Å²) in [6.45, 7) is 2.03. The summed E-state index contributed by atoms with van der Waals surface area (Å²) in [7, 11) is 0. The molecule has 1 aromatic heterocycles. The third-order valence-corrected chi connectivity index (χ3v) is 4.13. The molecule has 0 bridgehead atoms. The van der Waals surface area contributed by atoms with Gasteiger partial charge in [0.05, 0.1) is 6.54 Å². The van der Waals surface area contributed by atoms with Gasteiger partial charge in [0.2, 0.25) is 0 Å². The highest BCUT2D eigenvalue weighted by molar-refractivity contribution is 5.92. The second-order valence-electron chi connectivity index (χ2n) is 5.56. The molecule has 1 amide bonds. The molecule has 2 heterocycles. The minimum Gasteiger partial charge on any atom is -0.348 e. The van der Waals surface area contributed by atoms with Crippen LogP contribution in [0, 0.1) is 0 Å². The van der Waals surface area contributed by atoms with Gasteiger partial charge in [-0.3, -0.25) is 9.69 Å². The predicted octanol–water partition coefficient (Wildman–Crippen LogP) is 0.921. The Hall–Kier alpha value is -1.75. The van der Waals surface area contributed by atoms with Crippen LogP contribution in [0.1, 0.15) is 41.0 Å². The first-order chi connectivity index (χ1) is 9.76. The van der Waals surface area contributed by atoms with Crippen molar-refractivity contribution in [1.82, 2.24) is 15.2 Å². The molecule has 0 spiro atoms. The highest BCUT2D eigenvalue weighted by atomic mass is 16.2. The number of pyridine rings is 1. The zero-order valence-corrected chi connectivity index (χ0v) is 11.5. The molecule has 106 valence electrons. The zero-order chi connectivity index (χ0) is 13.9. The van der Waals surface area contributed by atoms with Gasteiger partial charge in [-0.15, -0.1) is 0 Å². The predicted molar refractivity (Wildman–Crippen MR) is 74.4 cm³/mol. The Balaban J connectivity index is 1.69. The molecule has 1 aliphatic carbocycles. The Morgan fingerprint density at radius 2 is 2.30 bits per heavy atom. The number of nitrogens with zero attached hydrogens (tertiary/aromatic N) is 2. The molecular weight excluding hydrogens is 254 g/mol. The van der Waals surface area contributed by atoms with E-state index in [2.05, 4.69) is 15.2 Å². The smallest absolute Gasteiger partial charge is 0.270 e. The molecule has 1 N–H and O–H groups in total. The van der Waals surface area contributed by atoms with E-state index in [1.165, 1.54) is 6.42 Å². The molecule has 5 nitrogen and oxygen atoms in total. The van der Waals surface area contributed by atoms with Gasteiger partial charge in [0.15, 0.2) is 0 Å². The number of hydrogen-bond donors (Lipinski definition) is 1. The van der Waals surface area contributed by atoms with Crippen molar-refractivity contribution in [3.8, 4) is 0 Å². The Labute approximate surface area is 118 Å². The lowest BCUT2D eigenvalue weighted by atomic mass is 9.93. The second-order valence-corrected chi connectivity index (χ2v) is 5.56. The Morgan fingerprint density at radius 1 is 1.45 bits per heavy atom. The molecule has 0 unspecified atom stereocenters. The number of carbonyl (C=O) groups excluding carboxylic acids is 2. The van der Waals surface area contributed by atoms with Gasteiger partial charge in [0.1, 0.15) is 12.0 Å². The molecule has 20 heavy (non-hydrogen) atoms. The van der Waals surface area contributed by atoms with Crippen molar-refractivity contribution in [2.45, 2.75) is 38.3 Å². The van der Waals surface area contributed by atoms with Crippen LogP contribution in [0.5, 0.6) is 0 Å². The first-order valence-corrected chi connectivity index (χ1v) is 7.22. The molecule has 3 rings (SSSR count). The molecule has 0 aromatic carbocycles. The summed E-state index contributed by atoms with van der Waals surface area (Å²) in [5, 5.41) is 3.01. The Morgan fingerprint density at radius 3 is 3.00 bits per heavy atom. The minimum absolute atomic E-state index is 0.0622. The highest BCUT2D eigenvalue weighted by Gasteiger charge is 2.22. The standard InChI is InChI=1S/C15H19N3O2/c19-9-8-18-7-6-13-11(10-18)4-5-14(17-13)15(20)16-12-2-1-3-12/h4-5,9,12H,1-3,6-8,10H2,(H,16,20). The van der Waals surface area contributed by atoms with E-state index in [1.54, 1.807) is 6.07 Å². The van der Waals surface area contributed by atoms with Crippen LogP contribution in [-0.4, -0.2) is 41.2 Å². The lowest BCUT2D eigenvalue weighted by Gasteiger charge is -2.28. The zero-order valence-electron chi connectivity index (χ0n) is 11.5. The van der Waals surface area contributed by atoms with Crippen LogP contribution in [0.25, 0.3) is 0 Å².